The Kier molecular flexibility index (Phi) is 6.87. The van der Waals surface area contributed by atoms with Crippen LogP contribution in [0.3, 0.4) is 0 Å². The number of aliphatic hydroxyl groups is 1. The van der Waals surface area contributed by atoms with Crippen molar-refractivity contribution in [1.82, 2.24) is 4.90 Å². The summed E-state index contributed by atoms with van der Waals surface area (Å²) in [6, 6.07) is 14.5. The van der Waals surface area contributed by atoms with Crippen molar-refractivity contribution in [1.29, 1.82) is 0 Å². The minimum Gasteiger partial charge on any atom is -0.497 e. The number of nitrogens with zero attached hydrogens (tertiary/aromatic N) is 1. The Hall–Kier alpha value is -1.57. The minimum atomic E-state index is -4.65. The maximum Gasteiger partial charge on any atom is 0.415 e. The van der Waals surface area contributed by atoms with Crippen molar-refractivity contribution in [3.63, 3.8) is 0 Å². The van der Waals surface area contributed by atoms with Crippen molar-refractivity contribution in [2.24, 2.45) is 0 Å². The van der Waals surface area contributed by atoms with E-state index in [1.807, 2.05) is 30.3 Å². The summed E-state index contributed by atoms with van der Waals surface area (Å²) >= 11 is 3.36. The summed E-state index contributed by atoms with van der Waals surface area (Å²) in [5.74, 6) is 0.635. The zero-order chi connectivity index (χ0) is 18.4. The Morgan fingerprint density at radius 2 is 1.68 bits per heavy atom. The van der Waals surface area contributed by atoms with Gasteiger partial charge in [-0.05, 0) is 35.4 Å². The third kappa shape index (κ3) is 6.34. The maximum absolute atomic E-state index is 12.8. The summed E-state index contributed by atoms with van der Waals surface area (Å²) in [5, 5.41) is 9.47. The molecule has 1 atom stereocenters. The lowest BCUT2D eigenvalue weighted by Crippen LogP contribution is -2.40. The van der Waals surface area contributed by atoms with Gasteiger partial charge in [0.05, 0.1) is 7.11 Å². The second-order valence-electron chi connectivity index (χ2n) is 5.71. The Balaban J connectivity index is 2.18. The van der Waals surface area contributed by atoms with Crippen molar-refractivity contribution >= 4 is 15.9 Å². The fourth-order valence-corrected chi connectivity index (χ4v) is 2.90. The van der Waals surface area contributed by atoms with Gasteiger partial charge < -0.3 is 9.84 Å². The minimum absolute atomic E-state index is 0.261. The average Bonchev–Trinajstić information content (AvgIpc) is 2.54. The molecule has 3 nitrogen and oxygen atoms in total. The third-order valence-corrected chi connectivity index (χ3v) is 4.14. The number of rotatable bonds is 7. The van der Waals surface area contributed by atoms with E-state index in [9.17, 15) is 18.3 Å². The highest BCUT2D eigenvalue weighted by atomic mass is 79.9. The van der Waals surface area contributed by atoms with Gasteiger partial charge in [0.1, 0.15) is 5.75 Å². The first-order valence-electron chi connectivity index (χ1n) is 7.62. The standard InChI is InChI=1S/C18H19BrF3NO2/c1-25-16-7-3-5-14(9-16)11-23(12-17(24)18(20,21)22)10-13-4-2-6-15(19)8-13/h2-9,17,24H,10-12H2,1H3. The zero-order valence-corrected chi connectivity index (χ0v) is 15.2. The van der Waals surface area contributed by atoms with Crippen molar-refractivity contribution in [2.45, 2.75) is 25.4 Å². The summed E-state index contributed by atoms with van der Waals surface area (Å²) in [4.78, 5) is 1.56. The van der Waals surface area contributed by atoms with Crippen LogP contribution in [0.1, 0.15) is 11.1 Å². The molecule has 136 valence electrons. The van der Waals surface area contributed by atoms with E-state index in [4.69, 9.17) is 4.74 Å². The van der Waals surface area contributed by atoms with Gasteiger partial charge in [-0.1, -0.05) is 40.2 Å². The highest BCUT2D eigenvalue weighted by Crippen LogP contribution is 2.23. The predicted molar refractivity (Wildman–Crippen MR) is 93.3 cm³/mol. The molecule has 0 aromatic heterocycles. The average molecular weight is 418 g/mol. The molecule has 0 aliphatic heterocycles. The summed E-state index contributed by atoms with van der Waals surface area (Å²) in [6.07, 6.45) is -7.05. The fourth-order valence-electron chi connectivity index (χ4n) is 2.46. The lowest BCUT2D eigenvalue weighted by atomic mass is 10.1. The molecule has 2 aromatic rings. The largest absolute Gasteiger partial charge is 0.497 e. The summed E-state index contributed by atoms with van der Waals surface area (Å²) in [7, 11) is 1.53. The van der Waals surface area contributed by atoms with Gasteiger partial charge in [-0.15, -0.1) is 0 Å². The lowest BCUT2D eigenvalue weighted by Gasteiger charge is -2.26. The Morgan fingerprint density at radius 3 is 2.24 bits per heavy atom. The number of aliphatic hydroxyl groups excluding tert-OH is 1. The first-order chi connectivity index (χ1) is 11.8. The van der Waals surface area contributed by atoms with E-state index >= 15 is 0 Å². The molecule has 0 aliphatic carbocycles. The lowest BCUT2D eigenvalue weighted by molar-refractivity contribution is -0.208. The molecule has 2 aromatic carbocycles. The van der Waals surface area contributed by atoms with Crippen LogP contribution in [0.5, 0.6) is 5.75 Å². The van der Waals surface area contributed by atoms with Crippen LogP contribution in [0.15, 0.2) is 53.0 Å². The Bertz CT molecular complexity index is 694. The van der Waals surface area contributed by atoms with E-state index in [0.717, 1.165) is 15.6 Å². The van der Waals surface area contributed by atoms with Gasteiger partial charge in [-0.2, -0.15) is 13.2 Å². The highest BCUT2D eigenvalue weighted by molar-refractivity contribution is 9.10. The van der Waals surface area contributed by atoms with Crippen molar-refractivity contribution in [3.05, 3.63) is 64.1 Å². The number of alkyl halides is 3. The number of ether oxygens (including phenoxy) is 1. The van der Waals surface area contributed by atoms with E-state index < -0.39 is 18.8 Å². The van der Waals surface area contributed by atoms with Crippen LogP contribution in [-0.2, 0) is 13.1 Å². The molecule has 0 radical (unpaired) electrons. The number of benzene rings is 2. The molecule has 0 spiro atoms. The van der Waals surface area contributed by atoms with E-state index in [0.29, 0.717) is 5.75 Å². The molecular formula is C18H19BrF3NO2. The third-order valence-electron chi connectivity index (χ3n) is 3.64. The Labute approximate surface area is 153 Å². The van der Waals surface area contributed by atoms with E-state index in [-0.39, 0.29) is 13.1 Å². The van der Waals surface area contributed by atoms with Crippen LogP contribution in [0.2, 0.25) is 0 Å². The van der Waals surface area contributed by atoms with Crippen LogP contribution < -0.4 is 4.74 Å². The van der Waals surface area contributed by atoms with E-state index in [2.05, 4.69) is 15.9 Å². The topological polar surface area (TPSA) is 32.7 Å². The molecule has 7 heteroatoms. The first-order valence-corrected chi connectivity index (χ1v) is 8.41. The van der Waals surface area contributed by atoms with Gasteiger partial charge in [-0.25, -0.2) is 0 Å². The molecule has 0 fully saturated rings. The SMILES string of the molecule is COc1cccc(CN(Cc2cccc(Br)c2)CC(O)C(F)(F)F)c1. The van der Waals surface area contributed by atoms with Crippen LogP contribution >= 0.6 is 15.9 Å². The molecule has 0 heterocycles. The van der Waals surface area contributed by atoms with Crippen molar-refractivity contribution < 1.29 is 23.0 Å². The van der Waals surface area contributed by atoms with Gasteiger partial charge in [0.25, 0.3) is 0 Å². The van der Waals surface area contributed by atoms with Crippen LogP contribution in [0.25, 0.3) is 0 Å². The molecule has 0 aliphatic rings. The van der Waals surface area contributed by atoms with Crippen LogP contribution in [-0.4, -0.2) is 35.9 Å². The monoisotopic (exact) mass is 417 g/mol. The molecule has 0 saturated carbocycles. The first kappa shape index (κ1) is 19.8. The van der Waals surface area contributed by atoms with E-state index in [1.54, 1.807) is 23.1 Å². The number of methoxy groups -OCH3 is 1. The van der Waals surface area contributed by atoms with Crippen LogP contribution in [0, 0.1) is 0 Å². The molecule has 0 amide bonds. The Morgan fingerprint density at radius 1 is 1.08 bits per heavy atom. The quantitative estimate of drug-likeness (QED) is 0.725. The summed E-state index contributed by atoms with van der Waals surface area (Å²) < 4.78 is 44.3. The summed E-state index contributed by atoms with van der Waals surface area (Å²) in [6.45, 7) is 0.0356. The maximum atomic E-state index is 12.8. The number of hydrogen-bond donors (Lipinski definition) is 1. The predicted octanol–water partition coefficient (Wildman–Crippen LogP) is 4.38. The smallest absolute Gasteiger partial charge is 0.415 e. The summed E-state index contributed by atoms with van der Waals surface area (Å²) in [5.41, 5.74) is 1.66. The second kappa shape index (κ2) is 8.69. The zero-order valence-electron chi connectivity index (χ0n) is 13.6. The molecular weight excluding hydrogens is 399 g/mol. The van der Waals surface area contributed by atoms with Gasteiger partial charge in [0.15, 0.2) is 6.10 Å². The molecule has 1 N–H and O–H groups in total. The van der Waals surface area contributed by atoms with Gasteiger partial charge >= 0.3 is 6.18 Å². The van der Waals surface area contributed by atoms with Gasteiger partial charge in [0, 0.05) is 24.1 Å². The molecule has 1 unspecified atom stereocenters. The number of hydrogen-bond acceptors (Lipinski definition) is 3. The van der Waals surface area contributed by atoms with Crippen molar-refractivity contribution in [3.8, 4) is 5.75 Å². The molecule has 2 rings (SSSR count). The molecule has 0 saturated heterocycles. The second-order valence-corrected chi connectivity index (χ2v) is 6.62. The van der Waals surface area contributed by atoms with Gasteiger partial charge in [-0.3, -0.25) is 4.90 Å². The normalized spacial score (nSPS) is 13.1. The highest BCUT2D eigenvalue weighted by Gasteiger charge is 2.39. The fraction of sp³-hybridized carbons (Fsp3) is 0.333. The van der Waals surface area contributed by atoms with Gasteiger partial charge in [0.2, 0.25) is 0 Å². The van der Waals surface area contributed by atoms with E-state index in [1.165, 1.54) is 7.11 Å². The molecule has 0 bridgehead atoms. The number of halogens is 4. The van der Waals surface area contributed by atoms with Crippen LogP contribution in [0.4, 0.5) is 13.2 Å². The van der Waals surface area contributed by atoms with Crippen molar-refractivity contribution in [2.75, 3.05) is 13.7 Å². The molecule has 25 heavy (non-hydrogen) atoms.